The maximum absolute atomic E-state index is 12.4. The van der Waals surface area contributed by atoms with Crippen LogP contribution in [0, 0.1) is 0 Å². The van der Waals surface area contributed by atoms with Crippen molar-refractivity contribution in [3.63, 3.8) is 0 Å². The second kappa shape index (κ2) is 8.02. The monoisotopic (exact) mass is 385 g/mol. The number of aryl methyl sites for hydroxylation is 2. The molecule has 1 saturated heterocycles. The molecule has 144 valence electrons. The van der Waals surface area contributed by atoms with Gasteiger partial charge in [-0.1, -0.05) is 17.8 Å². The van der Waals surface area contributed by atoms with E-state index in [2.05, 4.69) is 37.1 Å². The molecule has 6 nitrogen and oxygen atoms in total. The first-order valence-electron chi connectivity index (χ1n) is 9.71. The lowest BCUT2D eigenvalue weighted by atomic mass is 9.96. The molecule has 0 unspecified atom stereocenters. The Bertz CT molecular complexity index is 826. The third-order valence-corrected chi connectivity index (χ3v) is 6.47. The minimum Gasteiger partial charge on any atom is -0.325 e. The molecular weight excluding hydrogens is 358 g/mol. The fraction of sp³-hybridized carbons (Fsp3) is 0.550. The Kier molecular flexibility index (Phi) is 5.50. The number of fused-ring (bicyclic) bond motifs is 1. The molecule has 0 bridgehead atoms. The predicted octanol–water partition coefficient (Wildman–Crippen LogP) is 2.84. The number of nitrogens with zero attached hydrogens (tertiary/aromatic N) is 4. The number of thioether (sulfide) groups is 1. The van der Waals surface area contributed by atoms with Crippen molar-refractivity contribution in [1.82, 2.24) is 19.7 Å². The largest absolute Gasteiger partial charge is 0.325 e. The van der Waals surface area contributed by atoms with Gasteiger partial charge in [-0.05, 0) is 74.7 Å². The van der Waals surface area contributed by atoms with Crippen molar-refractivity contribution in [3.8, 4) is 0 Å². The van der Waals surface area contributed by atoms with Gasteiger partial charge >= 0.3 is 0 Å². The topological polar surface area (TPSA) is 63.1 Å². The molecule has 0 atom stereocenters. The molecule has 2 aromatic rings. The number of rotatable bonds is 5. The molecular formula is C20H27N5OS. The van der Waals surface area contributed by atoms with E-state index in [0.29, 0.717) is 12.5 Å². The maximum Gasteiger partial charge on any atom is 0.238 e. The lowest BCUT2D eigenvalue weighted by Crippen LogP contribution is -2.39. The number of hydrogen-bond donors (Lipinski definition) is 1. The molecule has 4 rings (SSSR count). The van der Waals surface area contributed by atoms with Crippen molar-refractivity contribution in [2.45, 2.75) is 43.2 Å². The summed E-state index contributed by atoms with van der Waals surface area (Å²) in [5, 5.41) is 12.7. The summed E-state index contributed by atoms with van der Waals surface area (Å²) in [7, 11) is 2.04. The molecule has 1 amide bonds. The Balaban J connectivity index is 1.28. The number of aromatic nitrogens is 3. The number of nitrogens with one attached hydrogen (secondary N) is 1. The van der Waals surface area contributed by atoms with Gasteiger partial charge in [-0.3, -0.25) is 9.69 Å². The average molecular weight is 386 g/mol. The highest BCUT2D eigenvalue weighted by Gasteiger charge is 2.26. The lowest BCUT2D eigenvalue weighted by molar-refractivity contribution is -0.117. The molecule has 1 aromatic carbocycles. The maximum atomic E-state index is 12.4. The SMILES string of the molecule is CSc1nnc(C2CCN(CC(=O)Nc3ccc4c(c3)CCC4)CC2)n1C. The Morgan fingerprint density at radius 2 is 2.00 bits per heavy atom. The van der Waals surface area contributed by atoms with Gasteiger partial charge < -0.3 is 9.88 Å². The quantitative estimate of drug-likeness (QED) is 0.802. The van der Waals surface area contributed by atoms with Crippen LogP contribution in [0.1, 0.15) is 42.1 Å². The van der Waals surface area contributed by atoms with Gasteiger partial charge in [0.1, 0.15) is 5.82 Å². The first-order chi connectivity index (χ1) is 13.1. The first kappa shape index (κ1) is 18.5. The number of amides is 1. The zero-order valence-electron chi connectivity index (χ0n) is 16.1. The van der Waals surface area contributed by atoms with Crippen molar-refractivity contribution >= 4 is 23.4 Å². The number of benzene rings is 1. The van der Waals surface area contributed by atoms with Crippen molar-refractivity contribution in [2.24, 2.45) is 7.05 Å². The number of carbonyl (C=O) groups excluding carboxylic acids is 1. The zero-order valence-corrected chi connectivity index (χ0v) is 16.9. The Hall–Kier alpha value is -1.86. The van der Waals surface area contributed by atoms with Crippen LogP contribution in [-0.2, 0) is 24.7 Å². The normalized spacial score (nSPS) is 17.9. The average Bonchev–Trinajstić information content (AvgIpc) is 3.28. The van der Waals surface area contributed by atoms with Crippen molar-refractivity contribution in [2.75, 3.05) is 31.2 Å². The fourth-order valence-corrected chi connectivity index (χ4v) is 4.75. The van der Waals surface area contributed by atoms with E-state index in [4.69, 9.17) is 0 Å². The van der Waals surface area contributed by atoms with Crippen LogP contribution < -0.4 is 5.32 Å². The van der Waals surface area contributed by atoms with E-state index in [1.807, 2.05) is 19.4 Å². The van der Waals surface area contributed by atoms with E-state index in [-0.39, 0.29) is 5.91 Å². The summed E-state index contributed by atoms with van der Waals surface area (Å²) >= 11 is 1.62. The van der Waals surface area contributed by atoms with Crippen LogP contribution in [0.25, 0.3) is 0 Å². The van der Waals surface area contributed by atoms with Crippen LogP contribution in [0.4, 0.5) is 5.69 Å². The number of piperidine rings is 1. The molecule has 1 fully saturated rings. The summed E-state index contributed by atoms with van der Waals surface area (Å²) in [6.07, 6.45) is 7.59. The van der Waals surface area contributed by atoms with Crippen LogP contribution in [0.3, 0.4) is 0 Å². The molecule has 1 aliphatic carbocycles. The highest BCUT2D eigenvalue weighted by molar-refractivity contribution is 7.98. The minimum absolute atomic E-state index is 0.0784. The van der Waals surface area contributed by atoms with Gasteiger partial charge in [0.05, 0.1) is 6.54 Å². The van der Waals surface area contributed by atoms with Gasteiger partial charge in [0.2, 0.25) is 5.91 Å². The highest BCUT2D eigenvalue weighted by Crippen LogP contribution is 2.28. The second-order valence-corrected chi connectivity index (χ2v) is 8.31. The van der Waals surface area contributed by atoms with Crippen LogP contribution in [0.5, 0.6) is 0 Å². The molecule has 0 saturated carbocycles. The lowest BCUT2D eigenvalue weighted by Gasteiger charge is -2.30. The molecule has 2 heterocycles. The summed E-state index contributed by atoms with van der Waals surface area (Å²) in [5.74, 6) is 1.58. The standard InChI is InChI=1S/C20H27N5OS/c1-24-19(22-23-20(24)27-2)15-8-10-25(11-9-15)13-18(26)21-17-7-6-14-4-3-5-16(14)12-17/h6-7,12,15H,3-5,8-11,13H2,1-2H3,(H,21,26). The van der Waals surface area contributed by atoms with Crippen molar-refractivity contribution in [3.05, 3.63) is 35.2 Å². The smallest absolute Gasteiger partial charge is 0.238 e. The highest BCUT2D eigenvalue weighted by atomic mass is 32.2. The zero-order chi connectivity index (χ0) is 18.8. The van der Waals surface area contributed by atoms with E-state index in [0.717, 1.165) is 49.0 Å². The van der Waals surface area contributed by atoms with Gasteiger partial charge in [-0.25, -0.2) is 0 Å². The molecule has 1 aliphatic heterocycles. The van der Waals surface area contributed by atoms with E-state index in [9.17, 15) is 4.79 Å². The third-order valence-electron chi connectivity index (χ3n) is 5.75. The van der Waals surface area contributed by atoms with E-state index >= 15 is 0 Å². The van der Waals surface area contributed by atoms with E-state index in [1.54, 1.807) is 11.8 Å². The molecule has 1 aromatic heterocycles. The molecule has 1 N–H and O–H groups in total. The Morgan fingerprint density at radius 3 is 2.74 bits per heavy atom. The van der Waals surface area contributed by atoms with Gasteiger partial charge in [0, 0.05) is 18.7 Å². The fourth-order valence-electron chi connectivity index (χ4n) is 4.26. The van der Waals surface area contributed by atoms with Gasteiger partial charge in [0.25, 0.3) is 0 Å². The van der Waals surface area contributed by atoms with E-state index < -0.39 is 0 Å². The summed E-state index contributed by atoms with van der Waals surface area (Å²) < 4.78 is 2.10. The number of carbonyl (C=O) groups is 1. The summed E-state index contributed by atoms with van der Waals surface area (Å²) in [4.78, 5) is 14.7. The van der Waals surface area contributed by atoms with Crippen LogP contribution in [-0.4, -0.2) is 51.5 Å². The second-order valence-electron chi connectivity index (χ2n) is 7.54. The number of hydrogen-bond acceptors (Lipinski definition) is 5. The van der Waals surface area contributed by atoms with Gasteiger partial charge in [0.15, 0.2) is 5.16 Å². The molecule has 0 spiro atoms. The third kappa shape index (κ3) is 4.04. The number of likely N-dealkylation sites (tertiary alicyclic amines) is 1. The molecule has 7 heteroatoms. The van der Waals surface area contributed by atoms with Gasteiger partial charge in [-0.2, -0.15) is 0 Å². The Labute approximate surface area is 164 Å². The summed E-state index contributed by atoms with van der Waals surface area (Å²) in [6, 6.07) is 6.34. The summed E-state index contributed by atoms with van der Waals surface area (Å²) in [5.41, 5.74) is 3.75. The first-order valence-corrected chi connectivity index (χ1v) is 10.9. The number of anilines is 1. The predicted molar refractivity (Wildman–Crippen MR) is 108 cm³/mol. The Morgan fingerprint density at radius 1 is 1.22 bits per heavy atom. The van der Waals surface area contributed by atoms with E-state index in [1.165, 1.54) is 24.0 Å². The summed E-state index contributed by atoms with van der Waals surface area (Å²) in [6.45, 7) is 2.30. The van der Waals surface area contributed by atoms with Crippen molar-refractivity contribution in [1.29, 1.82) is 0 Å². The molecule has 0 radical (unpaired) electrons. The molecule has 2 aliphatic rings. The van der Waals surface area contributed by atoms with Crippen LogP contribution >= 0.6 is 11.8 Å². The van der Waals surface area contributed by atoms with Crippen molar-refractivity contribution < 1.29 is 4.79 Å². The minimum atomic E-state index is 0.0784. The van der Waals surface area contributed by atoms with Crippen LogP contribution in [0.15, 0.2) is 23.4 Å². The van der Waals surface area contributed by atoms with Gasteiger partial charge in [-0.15, -0.1) is 10.2 Å². The van der Waals surface area contributed by atoms with Crippen LogP contribution in [0.2, 0.25) is 0 Å². The molecule has 27 heavy (non-hydrogen) atoms.